The van der Waals surface area contributed by atoms with Crippen LogP contribution in [-0.4, -0.2) is 46.2 Å². The van der Waals surface area contributed by atoms with Crippen molar-refractivity contribution in [3.8, 4) is 11.5 Å². The lowest BCUT2D eigenvalue weighted by molar-refractivity contribution is -0.153. The van der Waals surface area contributed by atoms with Crippen LogP contribution in [0.3, 0.4) is 0 Å². The Morgan fingerprint density at radius 1 is 1.04 bits per heavy atom. The molecule has 0 heterocycles. The highest BCUT2D eigenvalue weighted by molar-refractivity contribution is 5.46. The van der Waals surface area contributed by atoms with Crippen LogP contribution in [0.1, 0.15) is 32.3 Å². The van der Waals surface area contributed by atoms with Crippen LogP contribution in [0.4, 0.5) is 13.2 Å². The predicted octanol–water partition coefficient (Wildman–Crippen LogP) is 4.33. The fourth-order valence-corrected chi connectivity index (χ4v) is 2.36. The minimum atomic E-state index is -4.42. The summed E-state index contributed by atoms with van der Waals surface area (Å²) in [6.45, 7) is 3.42. The number of methoxy groups -OCH3 is 1. The van der Waals surface area contributed by atoms with E-state index >= 15 is 0 Å². The first-order valence-corrected chi connectivity index (χ1v) is 8.57. The van der Waals surface area contributed by atoms with E-state index in [1.54, 1.807) is 12.1 Å². The van der Waals surface area contributed by atoms with Gasteiger partial charge in [-0.25, -0.2) is 0 Å². The number of para-hydroxylation sites is 1. The Balaban J connectivity index is 2.78. The maximum Gasteiger partial charge on any atom is 0.422 e. The molecule has 5 nitrogen and oxygen atoms in total. The average molecular weight is 380 g/mol. The lowest BCUT2D eigenvalue weighted by atomic mass is 10.1. The van der Waals surface area contributed by atoms with E-state index in [1.807, 2.05) is 13.8 Å². The number of ether oxygens (including phenoxy) is 5. The van der Waals surface area contributed by atoms with Gasteiger partial charge in [-0.15, -0.1) is 0 Å². The standard InChI is InChI=1S/C18H27F3O5/c1-4-23-16(24-5-2)11-7-9-14-8-6-10-15(17(14)26-13-22-3)25-12-18(19,20)21/h6,8,10,16H,4-5,7,9,11-13H2,1-3H3. The number of alkyl halides is 3. The molecule has 0 aliphatic carbocycles. The van der Waals surface area contributed by atoms with Gasteiger partial charge in [0, 0.05) is 20.3 Å². The second-order valence-corrected chi connectivity index (χ2v) is 5.43. The summed E-state index contributed by atoms with van der Waals surface area (Å²) < 4.78 is 63.5. The normalized spacial score (nSPS) is 11.8. The Morgan fingerprint density at radius 2 is 1.73 bits per heavy atom. The zero-order chi connectivity index (χ0) is 19.4. The molecule has 26 heavy (non-hydrogen) atoms. The molecule has 0 aromatic heterocycles. The zero-order valence-electron chi connectivity index (χ0n) is 15.4. The maximum atomic E-state index is 12.4. The highest BCUT2D eigenvalue weighted by atomic mass is 19.4. The molecular formula is C18H27F3O5. The Labute approximate surface area is 152 Å². The number of halogens is 3. The molecule has 0 saturated carbocycles. The number of hydrogen-bond acceptors (Lipinski definition) is 5. The topological polar surface area (TPSA) is 46.2 Å². The number of benzene rings is 1. The van der Waals surface area contributed by atoms with Gasteiger partial charge >= 0.3 is 6.18 Å². The van der Waals surface area contributed by atoms with Crippen molar-refractivity contribution in [1.29, 1.82) is 0 Å². The molecule has 0 bridgehead atoms. The van der Waals surface area contributed by atoms with Crippen molar-refractivity contribution >= 4 is 0 Å². The fourth-order valence-electron chi connectivity index (χ4n) is 2.36. The zero-order valence-corrected chi connectivity index (χ0v) is 15.4. The lowest BCUT2D eigenvalue weighted by Crippen LogP contribution is -2.20. The second-order valence-electron chi connectivity index (χ2n) is 5.43. The molecule has 0 atom stereocenters. The summed E-state index contributed by atoms with van der Waals surface area (Å²) >= 11 is 0. The Bertz CT molecular complexity index is 502. The first kappa shape index (κ1) is 22.5. The van der Waals surface area contributed by atoms with Crippen molar-refractivity contribution in [2.24, 2.45) is 0 Å². The summed E-state index contributed by atoms with van der Waals surface area (Å²) in [6.07, 6.45) is -2.75. The smallest absolute Gasteiger partial charge is 0.422 e. The molecule has 0 aliphatic heterocycles. The number of aryl methyl sites for hydroxylation is 1. The van der Waals surface area contributed by atoms with Crippen LogP contribution in [0.15, 0.2) is 18.2 Å². The monoisotopic (exact) mass is 380 g/mol. The summed E-state index contributed by atoms with van der Waals surface area (Å²) in [6, 6.07) is 4.88. The molecule has 1 rings (SSSR count). The molecule has 0 aliphatic rings. The molecular weight excluding hydrogens is 353 g/mol. The summed E-state index contributed by atoms with van der Waals surface area (Å²) in [7, 11) is 1.44. The van der Waals surface area contributed by atoms with E-state index < -0.39 is 12.8 Å². The lowest BCUT2D eigenvalue weighted by Gasteiger charge is -2.19. The first-order chi connectivity index (χ1) is 12.4. The van der Waals surface area contributed by atoms with E-state index in [9.17, 15) is 13.2 Å². The molecule has 0 saturated heterocycles. The highest BCUT2D eigenvalue weighted by Gasteiger charge is 2.29. The van der Waals surface area contributed by atoms with Crippen LogP contribution in [0, 0.1) is 0 Å². The van der Waals surface area contributed by atoms with Crippen molar-refractivity contribution in [2.75, 3.05) is 33.7 Å². The van der Waals surface area contributed by atoms with E-state index in [-0.39, 0.29) is 24.6 Å². The van der Waals surface area contributed by atoms with Gasteiger partial charge in [-0.1, -0.05) is 12.1 Å². The maximum absolute atomic E-state index is 12.4. The van der Waals surface area contributed by atoms with E-state index in [1.165, 1.54) is 13.2 Å². The molecule has 0 fully saturated rings. The Hall–Kier alpha value is -1.51. The van der Waals surface area contributed by atoms with E-state index in [0.29, 0.717) is 26.1 Å². The molecule has 0 amide bonds. The van der Waals surface area contributed by atoms with E-state index in [0.717, 1.165) is 12.0 Å². The quantitative estimate of drug-likeness (QED) is 0.477. The van der Waals surface area contributed by atoms with Gasteiger partial charge in [-0.2, -0.15) is 13.2 Å². The molecule has 0 N–H and O–H groups in total. The SMILES string of the molecule is CCOC(CCCc1cccc(OCC(F)(F)F)c1OCOC)OCC. The summed E-state index contributed by atoms with van der Waals surface area (Å²) in [4.78, 5) is 0. The minimum absolute atomic E-state index is 0.0445. The minimum Gasteiger partial charge on any atom is -0.480 e. The fraction of sp³-hybridized carbons (Fsp3) is 0.667. The van der Waals surface area contributed by atoms with Crippen LogP contribution in [-0.2, 0) is 20.6 Å². The largest absolute Gasteiger partial charge is 0.480 e. The van der Waals surface area contributed by atoms with Crippen molar-refractivity contribution in [2.45, 2.75) is 45.6 Å². The third kappa shape index (κ3) is 8.73. The first-order valence-electron chi connectivity index (χ1n) is 8.57. The van der Waals surface area contributed by atoms with Gasteiger partial charge in [0.1, 0.15) is 0 Å². The van der Waals surface area contributed by atoms with Crippen molar-refractivity contribution < 1.29 is 36.9 Å². The molecule has 1 aromatic rings. The Kier molecular flexibility index (Phi) is 10.4. The van der Waals surface area contributed by atoms with Gasteiger partial charge in [0.05, 0.1) is 0 Å². The molecule has 1 aromatic carbocycles. The molecule has 8 heteroatoms. The molecule has 0 spiro atoms. The van der Waals surface area contributed by atoms with Crippen LogP contribution in [0.25, 0.3) is 0 Å². The van der Waals surface area contributed by atoms with Gasteiger partial charge in [0.2, 0.25) is 0 Å². The number of hydrogen-bond donors (Lipinski definition) is 0. The van der Waals surface area contributed by atoms with Gasteiger partial charge in [-0.05, 0) is 44.7 Å². The van der Waals surface area contributed by atoms with E-state index in [4.69, 9.17) is 23.7 Å². The van der Waals surface area contributed by atoms with Crippen LogP contribution in [0.2, 0.25) is 0 Å². The van der Waals surface area contributed by atoms with Crippen molar-refractivity contribution in [3.05, 3.63) is 23.8 Å². The second kappa shape index (κ2) is 12.0. The van der Waals surface area contributed by atoms with Crippen LogP contribution < -0.4 is 9.47 Å². The highest BCUT2D eigenvalue weighted by Crippen LogP contribution is 2.33. The summed E-state index contributed by atoms with van der Waals surface area (Å²) in [5.41, 5.74) is 0.744. The third-order valence-electron chi connectivity index (χ3n) is 3.36. The van der Waals surface area contributed by atoms with Gasteiger partial charge in [0.25, 0.3) is 0 Å². The average Bonchev–Trinajstić information content (AvgIpc) is 2.58. The molecule has 0 unspecified atom stereocenters. The number of rotatable bonds is 13. The molecule has 150 valence electrons. The van der Waals surface area contributed by atoms with E-state index in [2.05, 4.69) is 0 Å². The molecule has 0 radical (unpaired) electrons. The third-order valence-corrected chi connectivity index (χ3v) is 3.36. The van der Waals surface area contributed by atoms with Gasteiger partial charge < -0.3 is 23.7 Å². The van der Waals surface area contributed by atoms with Crippen molar-refractivity contribution in [1.82, 2.24) is 0 Å². The Morgan fingerprint density at radius 3 is 2.31 bits per heavy atom. The van der Waals surface area contributed by atoms with Gasteiger partial charge in [0.15, 0.2) is 31.2 Å². The van der Waals surface area contributed by atoms with Gasteiger partial charge in [-0.3, -0.25) is 0 Å². The van der Waals surface area contributed by atoms with Crippen LogP contribution in [0.5, 0.6) is 11.5 Å². The van der Waals surface area contributed by atoms with Crippen molar-refractivity contribution in [3.63, 3.8) is 0 Å². The summed E-state index contributed by atoms with van der Waals surface area (Å²) in [5, 5.41) is 0. The van der Waals surface area contributed by atoms with Crippen LogP contribution >= 0.6 is 0 Å². The predicted molar refractivity (Wildman–Crippen MR) is 90.5 cm³/mol. The summed E-state index contributed by atoms with van der Waals surface area (Å²) in [5.74, 6) is 0.311.